The fourth-order valence-corrected chi connectivity index (χ4v) is 3.34. The van der Waals surface area contributed by atoms with Crippen molar-refractivity contribution >= 4 is 27.8 Å². The Hall–Kier alpha value is -4.13. The van der Waals surface area contributed by atoms with Crippen molar-refractivity contribution in [2.75, 3.05) is 5.32 Å². The van der Waals surface area contributed by atoms with E-state index in [2.05, 4.69) is 20.4 Å². The maximum absolute atomic E-state index is 12.4. The van der Waals surface area contributed by atoms with E-state index in [1.807, 2.05) is 54.6 Å². The van der Waals surface area contributed by atoms with Crippen LogP contribution in [0.5, 0.6) is 5.75 Å². The van der Waals surface area contributed by atoms with Crippen molar-refractivity contribution in [1.82, 2.24) is 19.7 Å². The second-order valence-electron chi connectivity index (χ2n) is 6.76. The number of rotatable bonds is 4. The molecule has 0 amide bonds. The van der Waals surface area contributed by atoms with E-state index in [1.54, 1.807) is 16.8 Å². The Bertz CT molecular complexity index is 1390. The van der Waals surface area contributed by atoms with Crippen molar-refractivity contribution in [1.29, 1.82) is 0 Å². The maximum Gasteiger partial charge on any atom is 0.263 e. The molecular formula is C22H17N5O2. The third-order valence-corrected chi connectivity index (χ3v) is 4.79. The summed E-state index contributed by atoms with van der Waals surface area (Å²) < 4.78 is 1.65. The van der Waals surface area contributed by atoms with Gasteiger partial charge in [0.05, 0.1) is 11.9 Å². The average Bonchev–Trinajstić information content (AvgIpc) is 3.17. The number of hydrogen-bond donors (Lipinski definition) is 3. The Balaban J connectivity index is 1.46. The summed E-state index contributed by atoms with van der Waals surface area (Å²) in [5.74, 6) is 0.625. The lowest BCUT2D eigenvalue weighted by Gasteiger charge is -2.08. The van der Waals surface area contributed by atoms with E-state index in [4.69, 9.17) is 0 Å². The molecule has 7 nitrogen and oxygen atoms in total. The SMILES string of the molecule is O=c1[nH]c(NCc2ccc3cc(O)ccc3c2)nc2c1cnn2-c1ccccc1. The first-order valence-electron chi connectivity index (χ1n) is 9.16. The summed E-state index contributed by atoms with van der Waals surface area (Å²) in [4.78, 5) is 19.8. The van der Waals surface area contributed by atoms with Gasteiger partial charge in [-0.25, -0.2) is 4.68 Å². The Kier molecular flexibility index (Phi) is 3.98. The van der Waals surface area contributed by atoms with Gasteiger partial charge in [0.15, 0.2) is 5.65 Å². The van der Waals surface area contributed by atoms with Gasteiger partial charge in [-0.3, -0.25) is 9.78 Å². The van der Waals surface area contributed by atoms with Gasteiger partial charge < -0.3 is 10.4 Å². The van der Waals surface area contributed by atoms with Crippen molar-refractivity contribution in [2.24, 2.45) is 0 Å². The maximum atomic E-state index is 12.4. The highest BCUT2D eigenvalue weighted by Crippen LogP contribution is 2.21. The minimum absolute atomic E-state index is 0.242. The number of aromatic hydroxyl groups is 1. The molecule has 5 rings (SSSR count). The average molecular weight is 383 g/mol. The number of nitrogens with zero attached hydrogens (tertiary/aromatic N) is 3. The first-order valence-corrected chi connectivity index (χ1v) is 9.16. The summed E-state index contributed by atoms with van der Waals surface area (Å²) in [6.45, 7) is 0.491. The van der Waals surface area contributed by atoms with E-state index < -0.39 is 0 Å². The number of aromatic amines is 1. The quantitative estimate of drug-likeness (QED) is 0.441. The largest absolute Gasteiger partial charge is 0.508 e. The summed E-state index contributed by atoms with van der Waals surface area (Å²) in [6.07, 6.45) is 1.52. The van der Waals surface area contributed by atoms with Crippen LogP contribution in [-0.4, -0.2) is 24.9 Å². The summed E-state index contributed by atoms with van der Waals surface area (Å²) in [7, 11) is 0. The molecule has 142 valence electrons. The Labute approximate surface area is 165 Å². The van der Waals surface area contributed by atoms with Crippen molar-refractivity contribution in [3.63, 3.8) is 0 Å². The third-order valence-electron chi connectivity index (χ3n) is 4.79. The standard InChI is InChI=1S/C22H17N5O2/c28-18-9-8-15-10-14(6-7-16(15)11-18)12-23-22-25-20-19(21(29)26-22)13-24-27(20)17-4-2-1-3-5-17/h1-11,13,28H,12H2,(H2,23,25,26,29). The topological polar surface area (TPSA) is 95.8 Å². The van der Waals surface area contributed by atoms with E-state index in [-0.39, 0.29) is 11.3 Å². The van der Waals surface area contributed by atoms with Gasteiger partial charge in [0, 0.05) is 6.54 Å². The first-order chi connectivity index (χ1) is 14.2. The molecule has 0 unspecified atom stereocenters. The van der Waals surface area contributed by atoms with Gasteiger partial charge in [0.25, 0.3) is 5.56 Å². The molecule has 0 radical (unpaired) electrons. The van der Waals surface area contributed by atoms with Crippen LogP contribution in [0.1, 0.15) is 5.56 Å². The number of anilines is 1. The Morgan fingerprint density at radius 3 is 2.66 bits per heavy atom. The highest BCUT2D eigenvalue weighted by Gasteiger charge is 2.11. The van der Waals surface area contributed by atoms with E-state index in [1.165, 1.54) is 6.20 Å². The molecule has 0 saturated heterocycles. The summed E-state index contributed by atoms with van der Waals surface area (Å²) >= 11 is 0. The first kappa shape index (κ1) is 17.0. The predicted octanol–water partition coefficient (Wildman–Crippen LogP) is 3.58. The van der Waals surface area contributed by atoms with Crippen LogP contribution >= 0.6 is 0 Å². The minimum atomic E-state index is -0.242. The monoisotopic (exact) mass is 383 g/mol. The third kappa shape index (κ3) is 3.19. The normalized spacial score (nSPS) is 11.2. The molecule has 3 aromatic carbocycles. The van der Waals surface area contributed by atoms with Crippen LogP contribution < -0.4 is 10.9 Å². The Morgan fingerprint density at radius 1 is 1.00 bits per heavy atom. The molecule has 0 fully saturated rings. The molecule has 0 aliphatic heterocycles. The second kappa shape index (κ2) is 6.79. The van der Waals surface area contributed by atoms with Crippen LogP contribution in [0.25, 0.3) is 27.5 Å². The number of hydrogen-bond acceptors (Lipinski definition) is 5. The van der Waals surface area contributed by atoms with Crippen LogP contribution in [0.15, 0.2) is 77.7 Å². The minimum Gasteiger partial charge on any atom is -0.508 e. The van der Waals surface area contributed by atoms with Crippen LogP contribution in [0.4, 0.5) is 5.95 Å². The highest BCUT2D eigenvalue weighted by molar-refractivity contribution is 5.84. The van der Waals surface area contributed by atoms with Crippen molar-refractivity contribution in [3.05, 3.63) is 88.8 Å². The van der Waals surface area contributed by atoms with Crippen LogP contribution in [0.2, 0.25) is 0 Å². The number of phenols is 1. The van der Waals surface area contributed by atoms with Crippen LogP contribution in [-0.2, 0) is 6.54 Å². The van der Waals surface area contributed by atoms with E-state index in [0.29, 0.717) is 23.5 Å². The van der Waals surface area contributed by atoms with Crippen LogP contribution in [0, 0.1) is 0 Å². The lowest BCUT2D eigenvalue weighted by atomic mass is 10.1. The number of para-hydroxylation sites is 1. The second-order valence-corrected chi connectivity index (χ2v) is 6.76. The predicted molar refractivity (Wildman–Crippen MR) is 112 cm³/mol. The summed E-state index contributed by atoms with van der Waals surface area (Å²) in [5, 5.41) is 19.5. The molecule has 2 aromatic heterocycles. The van der Waals surface area contributed by atoms with Gasteiger partial charge in [-0.1, -0.05) is 36.4 Å². The molecule has 0 saturated carbocycles. The van der Waals surface area contributed by atoms with Crippen molar-refractivity contribution in [3.8, 4) is 11.4 Å². The number of aromatic nitrogens is 4. The number of benzene rings is 3. The molecule has 0 aliphatic rings. The zero-order valence-electron chi connectivity index (χ0n) is 15.3. The molecule has 0 spiro atoms. The van der Waals surface area contributed by atoms with Gasteiger partial charge >= 0.3 is 0 Å². The van der Waals surface area contributed by atoms with Crippen LogP contribution in [0.3, 0.4) is 0 Å². The lowest BCUT2D eigenvalue weighted by molar-refractivity contribution is 0.476. The highest BCUT2D eigenvalue weighted by atomic mass is 16.3. The molecule has 7 heteroatoms. The van der Waals surface area contributed by atoms with Gasteiger partial charge in [-0.05, 0) is 46.7 Å². The molecule has 2 heterocycles. The summed E-state index contributed by atoms with van der Waals surface area (Å²) in [5.41, 5.74) is 2.12. The zero-order valence-corrected chi connectivity index (χ0v) is 15.3. The number of H-pyrrole nitrogens is 1. The number of nitrogens with one attached hydrogen (secondary N) is 2. The molecular weight excluding hydrogens is 366 g/mol. The number of phenolic OH excluding ortho intramolecular Hbond substituents is 1. The lowest BCUT2D eigenvalue weighted by Crippen LogP contribution is -2.13. The Morgan fingerprint density at radius 2 is 1.79 bits per heavy atom. The van der Waals surface area contributed by atoms with Crippen molar-refractivity contribution in [2.45, 2.75) is 6.54 Å². The van der Waals surface area contributed by atoms with Gasteiger partial charge in [-0.2, -0.15) is 10.1 Å². The molecule has 5 aromatic rings. The van der Waals surface area contributed by atoms with Gasteiger partial charge in [0.1, 0.15) is 11.1 Å². The van der Waals surface area contributed by atoms with Crippen molar-refractivity contribution < 1.29 is 5.11 Å². The molecule has 0 atom stereocenters. The van der Waals surface area contributed by atoms with E-state index >= 15 is 0 Å². The zero-order chi connectivity index (χ0) is 19.8. The van der Waals surface area contributed by atoms with Gasteiger partial charge in [0.2, 0.25) is 5.95 Å². The number of fused-ring (bicyclic) bond motifs is 2. The molecule has 3 N–H and O–H groups in total. The van der Waals surface area contributed by atoms with E-state index in [9.17, 15) is 9.90 Å². The fraction of sp³-hybridized carbons (Fsp3) is 0.0455. The van der Waals surface area contributed by atoms with E-state index in [0.717, 1.165) is 22.0 Å². The molecule has 0 bridgehead atoms. The molecule has 0 aliphatic carbocycles. The van der Waals surface area contributed by atoms with Gasteiger partial charge in [-0.15, -0.1) is 0 Å². The smallest absolute Gasteiger partial charge is 0.263 e. The molecule has 29 heavy (non-hydrogen) atoms. The summed E-state index contributed by atoms with van der Waals surface area (Å²) in [6, 6.07) is 20.8. The fourth-order valence-electron chi connectivity index (χ4n) is 3.34.